The van der Waals surface area contributed by atoms with E-state index in [0.29, 0.717) is 13.0 Å². The molecule has 0 unspecified atom stereocenters. The Hall–Kier alpha value is -2.19. The Bertz CT molecular complexity index is 950. The van der Waals surface area contributed by atoms with Crippen molar-refractivity contribution in [2.75, 3.05) is 11.4 Å². The number of piperidine rings is 1. The number of nitrogens with zero attached hydrogens (tertiary/aromatic N) is 2. The van der Waals surface area contributed by atoms with Crippen LogP contribution in [-0.2, 0) is 34.2 Å². The van der Waals surface area contributed by atoms with E-state index in [0.717, 1.165) is 55.6 Å². The number of sulfonamides is 1. The Balaban J connectivity index is 1.45. The van der Waals surface area contributed by atoms with Crippen molar-refractivity contribution in [2.45, 2.75) is 62.8 Å². The van der Waals surface area contributed by atoms with E-state index in [2.05, 4.69) is 14.9 Å². The van der Waals surface area contributed by atoms with Crippen LogP contribution in [0.15, 0.2) is 29.2 Å². The monoisotopic (exact) mass is 402 g/mol. The predicted octanol–water partition coefficient (Wildman–Crippen LogP) is 2.67. The predicted molar refractivity (Wildman–Crippen MR) is 107 cm³/mol. The van der Waals surface area contributed by atoms with Crippen LogP contribution in [0.5, 0.6) is 0 Å². The van der Waals surface area contributed by atoms with Crippen molar-refractivity contribution in [3.05, 3.63) is 41.2 Å². The lowest BCUT2D eigenvalue weighted by Gasteiger charge is -2.26. The van der Waals surface area contributed by atoms with Gasteiger partial charge in [-0.05, 0) is 68.4 Å². The molecule has 0 atom stereocenters. The van der Waals surface area contributed by atoms with Crippen LogP contribution in [0.4, 0.5) is 5.69 Å². The first-order valence-electron chi connectivity index (χ1n) is 10.00. The first-order valence-corrected chi connectivity index (χ1v) is 11.5. The molecule has 150 valence electrons. The minimum Gasteiger partial charge on any atom is -0.312 e. The Kier molecular flexibility index (Phi) is 5.50. The molecule has 2 aliphatic rings. The third-order valence-electron chi connectivity index (χ3n) is 5.60. The molecule has 1 aromatic heterocycles. The molecule has 1 aliphatic carbocycles. The summed E-state index contributed by atoms with van der Waals surface area (Å²) in [5, 5.41) is 7.39. The largest absolute Gasteiger partial charge is 0.312 e. The number of fused-ring (bicyclic) bond motifs is 1. The molecule has 28 heavy (non-hydrogen) atoms. The van der Waals surface area contributed by atoms with Gasteiger partial charge in [0.05, 0.1) is 17.1 Å². The zero-order chi connectivity index (χ0) is 19.6. The molecule has 2 aromatic rings. The van der Waals surface area contributed by atoms with Crippen LogP contribution < -0.4 is 9.62 Å². The van der Waals surface area contributed by atoms with Gasteiger partial charge in [-0.2, -0.15) is 5.10 Å². The lowest BCUT2D eigenvalue weighted by molar-refractivity contribution is -0.119. The Morgan fingerprint density at radius 3 is 2.54 bits per heavy atom. The SMILES string of the molecule is O=C1CCCCN1c1ccc(S(=O)(=O)NCc2n[nH]c3c2CCCCC3)cc1. The summed E-state index contributed by atoms with van der Waals surface area (Å²) in [7, 11) is -3.64. The maximum atomic E-state index is 12.7. The standard InChI is InChI=1S/C20H26N4O3S/c25-20-8-4-5-13-24(20)15-9-11-16(12-10-15)28(26,27)21-14-19-17-6-2-1-3-7-18(17)22-23-19/h9-12,21H,1-8,13-14H2,(H,22,23). The fourth-order valence-electron chi connectivity index (χ4n) is 4.00. The zero-order valence-corrected chi connectivity index (χ0v) is 16.7. The van der Waals surface area contributed by atoms with Crippen LogP contribution in [0.25, 0.3) is 0 Å². The third kappa shape index (κ3) is 3.98. The maximum absolute atomic E-state index is 12.7. The average molecular weight is 403 g/mol. The topological polar surface area (TPSA) is 95.2 Å². The second kappa shape index (κ2) is 8.05. The molecule has 1 fully saturated rings. The first-order chi connectivity index (χ1) is 13.5. The summed E-state index contributed by atoms with van der Waals surface area (Å²) in [6.07, 6.45) is 7.82. The van der Waals surface area contributed by atoms with Gasteiger partial charge < -0.3 is 4.90 Å². The van der Waals surface area contributed by atoms with Crippen molar-refractivity contribution in [2.24, 2.45) is 0 Å². The molecule has 7 nitrogen and oxygen atoms in total. The summed E-state index contributed by atoms with van der Waals surface area (Å²) in [5.41, 5.74) is 3.85. The first kappa shape index (κ1) is 19.1. The molecule has 1 saturated heterocycles. The number of H-pyrrole nitrogens is 1. The number of carbonyl (C=O) groups is 1. The van der Waals surface area contributed by atoms with Crippen LogP contribution in [0.1, 0.15) is 55.5 Å². The fraction of sp³-hybridized carbons (Fsp3) is 0.500. The van der Waals surface area contributed by atoms with Crippen molar-refractivity contribution < 1.29 is 13.2 Å². The highest BCUT2D eigenvalue weighted by Crippen LogP contribution is 2.24. The van der Waals surface area contributed by atoms with E-state index < -0.39 is 10.0 Å². The molecular formula is C20H26N4O3S. The smallest absolute Gasteiger partial charge is 0.240 e. The second-order valence-corrected chi connectivity index (χ2v) is 9.28. The average Bonchev–Trinajstić information content (AvgIpc) is 2.93. The lowest BCUT2D eigenvalue weighted by atomic mass is 10.1. The van der Waals surface area contributed by atoms with E-state index in [1.54, 1.807) is 29.2 Å². The minimum absolute atomic E-state index is 0.0965. The molecule has 1 amide bonds. The Morgan fingerprint density at radius 2 is 1.75 bits per heavy atom. The van der Waals surface area contributed by atoms with Crippen LogP contribution >= 0.6 is 0 Å². The molecule has 0 radical (unpaired) electrons. The summed E-state index contributed by atoms with van der Waals surface area (Å²) < 4.78 is 28.0. The number of anilines is 1. The zero-order valence-electron chi connectivity index (χ0n) is 15.9. The van der Waals surface area contributed by atoms with Gasteiger partial charge in [-0.1, -0.05) is 6.42 Å². The number of benzene rings is 1. The van der Waals surface area contributed by atoms with Crippen LogP contribution in [-0.4, -0.2) is 31.1 Å². The van der Waals surface area contributed by atoms with Gasteiger partial charge in [0.25, 0.3) is 0 Å². The molecule has 8 heteroatoms. The molecule has 1 aromatic carbocycles. The van der Waals surface area contributed by atoms with Gasteiger partial charge in [-0.15, -0.1) is 0 Å². The van der Waals surface area contributed by atoms with Gasteiger partial charge in [0.1, 0.15) is 0 Å². The molecule has 0 bridgehead atoms. The van der Waals surface area contributed by atoms with E-state index in [9.17, 15) is 13.2 Å². The molecule has 2 heterocycles. The highest BCUT2D eigenvalue weighted by Gasteiger charge is 2.22. The van der Waals surface area contributed by atoms with Gasteiger partial charge in [0.15, 0.2) is 0 Å². The summed E-state index contributed by atoms with van der Waals surface area (Å²) in [5.74, 6) is 0.0965. The van der Waals surface area contributed by atoms with Crippen LogP contribution in [0.2, 0.25) is 0 Å². The van der Waals surface area contributed by atoms with Crippen molar-refractivity contribution in [1.29, 1.82) is 0 Å². The third-order valence-corrected chi connectivity index (χ3v) is 7.02. The van der Waals surface area contributed by atoms with E-state index >= 15 is 0 Å². The molecule has 0 spiro atoms. The number of aryl methyl sites for hydroxylation is 1. The normalized spacial score (nSPS) is 18.0. The molecule has 1 aliphatic heterocycles. The summed E-state index contributed by atoms with van der Waals surface area (Å²) in [4.78, 5) is 14.0. The number of amides is 1. The van der Waals surface area contributed by atoms with Crippen molar-refractivity contribution >= 4 is 21.6 Å². The summed E-state index contributed by atoms with van der Waals surface area (Å²) in [6.45, 7) is 0.869. The summed E-state index contributed by atoms with van der Waals surface area (Å²) in [6, 6.07) is 6.53. The van der Waals surface area contributed by atoms with Crippen molar-refractivity contribution in [1.82, 2.24) is 14.9 Å². The van der Waals surface area contributed by atoms with E-state index in [4.69, 9.17) is 0 Å². The van der Waals surface area contributed by atoms with Crippen molar-refractivity contribution in [3.63, 3.8) is 0 Å². The number of aromatic nitrogens is 2. The van der Waals surface area contributed by atoms with E-state index in [1.807, 2.05) is 0 Å². The highest BCUT2D eigenvalue weighted by atomic mass is 32.2. The van der Waals surface area contributed by atoms with Crippen molar-refractivity contribution in [3.8, 4) is 0 Å². The highest BCUT2D eigenvalue weighted by molar-refractivity contribution is 7.89. The van der Waals surface area contributed by atoms with Crippen LogP contribution in [0.3, 0.4) is 0 Å². The number of hydrogen-bond donors (Lipinski definition) is 2. The quantitative estimate of drug-likeness (QED) is 0.752. The maximum Gasteiger partial charge on any atom is 0.240 e. The molecule has 0 saturated carbocycles. The Labute approximate surface area is 165 Å². The van der Waals surface area contributed by atoms with Gasteiger partial charge in [-0.25, -0.2) is 13.1 Å². The number of hydrogen-bond acceptors (Lipinski definition) is 4. The van der Waals surface area contributed by atoms with Gasteiger partial charge >= 0.3 is 0 Å². The number of rotatable bonds is 5. The van der Waals surface area contributed by atoms with Gasteiger partial charge in [0.2, 0.25) is 15.9 Å². The number of carbonyl (C=O) groups excluding carboxylic acids is 1. The summed E-state index contributed by atoms with van der Waals surface area (Å²) >= 11 is 0. The van der Waals surface area contributed by atoms with Gasteiger partial charge in [-0.3, -0.25) is 9.89 Å². The molecule has 2 N–H and O–H groups in total. The molecular weight excluding hydrogens is 376 g/mol. The second-order valence-electron chi connectivity index (χ2n) is 7.51. The Morgan fingerprint density at radius 1 is 1.00 bits per heavy atom. The van der Waals surface area contributed by atoms with Gasteiger partial charge in [0, 0.05) is 24.3 Å². The number of aromatic amines is 1. The minimum atomic E-state index is -3.64. The molecule has 4 rings (SSSR count). The van der Waals surface area contributed by atoms with E-state index in [-0.39, 0.29) is 17.3 Å². The lowest BCUT2D eigenvalue weighted by Crippen LogP contribution is -2.35. The van der Waals surface area contributed by atoms with E-state index in [1.165, 1.54) is 12.0 Å². The number of nitrogens with one attached hydrogen (secondary N) is 2. The fourth-order valence-corrected chi connectivity index (χ4v) is 4.99. The van der Waals surface area contributed by atoms with Crippen LogP contribution in [0, 0.1) is 0 Å².